The molecule has 24 heavy (non-hydrogen) atoms. The first-order valence-electron chi connectivity index (χ1n) is 7.63. The van der Waals surface area contributed by atoms with E-state index < -0.39 is 0 Å². The number of para-hydroxylation sites is 1. The van der Waals surface area contributed by atoms with Gasteiger partial charge >= 0.3 is 0 Å². The molecule has 1 heterocycles. The van der Waals surface area contributed by atoms with Crippen molar-refractivity contribution >= 4 is 35.0 Å². The maximum absolute atomic E-state index is 13.2. The Balaban J connectivity index is 1.79. The Morgan fingerprint density at radius 2 is 2.08 bits per heavy atom. The van der Waals surface area contributed by atoms with Crippen LogP contribution in [0, 0.1) is 12.7 Å². The van der Waals surface area contributed by atoms with Crippen LogP contribution in [-0.2, 0) is 9.59 Å². The zero-order chi connectivity index (χ0) is 17.1. The Morgan fingerprint density at radius 1 is 1.29 bits per heavy atom. The van der Waals surface area contributed by atoms with Gasteiger partial charge < -0.3 is 10.2 Å². The number of fused-ring (bicyclic) bond motifs is 1. The van der Waals surface area contributed by atoms with Crippen molar-refractivity contribution < 1.29 is 14.0 Å². The van der Waals surface area contributed by atoms with Gasteiger partial charge in [-0.05, 0) is 42.8 Å². The molecule has 0 bridgehead atoms. The predicted molar refractivity (Wildman–Crippen MR) is 93.9 cm³/mol. The van der Waals surface area contributed by atoms with E-state index in [0.717, 1.165) is 10.6 Å². The quantitative estimate of drug-likeness (QED) is 0.925. The van der Waals surface area contributed by atoms with Gasteiger partial charge in [-0.25, -0.2) is 4.39 Å². The maximum atomic E-state index is 13.2. The SMILES string of the molecule is Cc1cc(F)ccc1NC(=O)CN1C(=O)CCSc2ccccc21. The Kier molecular flexibility index (Phi) is 4.85. The number of nitrogens with one attached hydrogen (secondary N) is 1. The maximum Gasteiger partial charge on any atom is 0.244 e. The van der Waals surface area contributed by atoms with Crippen LogP contribution in [0.1, 0.15) is 12.0 Å². The molecular weight excluding hydrogens is 327 g/mol. The number of thioether (sulfide) groups is 1. The van der Waals surface area contributed by atoms with E-state index in [1.165, 1.54) is 23.1 Å². The Morgan fingerprint density at radius 3 is 2.88 bits per heavy atom. The van der Waals surface area contributed by atoms with Gasteiger partial charge in [-0.3, -0.25) is 9.59 Å². The van der Waals surface area contributed by atoms with Gasteiger partial charge in [-0.2, -0.15) is 0 Å². The van der Waals surface area contributed by atoms with Crippen molar-refractivity contribution in [3.8, 4) is 0 Å². The summed E-state index contributed by atoms with van der Waals surface area (Å²) in [5.41, 5.74) is 1.95. The lowest BCUT2D eigenvalue weighted by atomic mass is 10.2. The first-order chi connectivity index (χ1) is 11.5. The van der Waals surface area contributed by atoms with E-state index >= 15 is 0 Å². The van der Waals surface area contributed by atoms with Gasteiger partial charge in [0.25, 0.3) is 0 Å². The molecule has 2 amide bonds. The monoisotopic (exact) mass is 344 g/mol. The van der Waals surface area contributed by atoms with Crippen LogP contribution in [0.2, 0.25) is 0 Å². The van der Waals surface area contributed by atoms with Crippen molar-refractivity contribution in [1.82, 2.24) is 0 Å². The van der Waals surface area contributed by atoms with Crippen LogP contribution in [0.3, 0.4) is 0 Å². The Bertz CT molecular complexity index is 794. The zero-order valence-electron chi connectivity index (χ0n) is 13.2. The van der Waals surface area contributed by atoms with Gasteiger partial charge in [0, 0.05) is 22.8 Å². The largest absolute Gasteiger partial charge is 0.324 e. The van der Waals surface area contributed by atoms with Gasteiger partial charge in [0.15, 0.2) is 0 Å². The molecule has 4 nitrogen and oxygen atoms in total. The second-order valence-corrected chi connectivity index (χ2v) is 6.69. The topological polar surface area (TPSA) is 49.4 Å². The number of benzene rings is 2. The summed E-state index contributed by atoms with van der Waals surface area (Å²) in [5, 5.41) is 2.75. The third-order valence-electron chi connectivity index (χ3n) is 3.79. The Labute approximate surface area is 144 Å². The number of nitrogens with zero attached hydrogens (tertiary/aromatic N) is 1. The van der Waals surface area contributed by atoms with Crippen LogP contribution in [0.4, 0.5) is 15.8 Å². The third kappa shape index (κ3) is 3.59. The van der Waals surface area contributed by atoms with E-state index in [2.05, 4.69) is 5.32 Å². The first kappa shape index (κ1) is 16.5. The van der Waals surface area contributed by atoms with Crippen LogP contribution < -0.4 is 10.2 Å². The number of carbonyl (C=O) groups is 2. The molecule has 6 heteroatoms. The molecule has 1 aliphatic heterocycles. The number of anilines is 2. The highest BCUT2D eigenvalue weighted by molar-refractivity contribution is 7.99. The zero-order valence-corrected chi connectivity index (χ0v) is 14.0. The number of halogens is 1. The molecule has 0 unspecified atom stereocenters. The lowest BCUT2D eigenvalue weighted by Gasteiger charge is -2.22. The van der Waals surface area contributed by atoms with Crippen LogP contribution in [-0.4, -0.2) is 24.1 Å². The molecule has 0 aromatic heterocycles. The summed E-state index contributed by atoms with van der Waals surface area (Å²) in [7, 11) is 0. The van der Waals surface area contributed by atoms with Crippen molar-refractivity contribution in [1.29, 1.82) is 0 Å². The summed E-state index contributed by atoms with van der Waals surface area (Å²) in [6.45, 7) is 1.66. The number of rotatable bonds is 3. The second-order valence-electron chi connectivity index (χ2n) is 5.55. The predicted octanol–water partition coefficient (Wildman–Crippen LogP) is 3.60. The minimum absolute atomic E-state index is 0.0623. The molecule has 0 aliphatic carbocycles. The number of amides is 2. The molecule has 0 spiro atoms. The van der Waals surface area contributed by atoms with Crippen molar-refractivity contribution in [2.75, 3.05) is 22.5 Å². The average Bonchev–Trinajstić information content (AvgIpc) is 2.70. The molecule has 2 aromatic rings. The Hall–Kier alpha value is -2.34. The van der Waals surface area contributed by atoms with E-state index in [1.54, 1.807) is 18.7 Å². The number of carbonyl (C=O) groups excluding carboxylic acids is 2. The first-order valence-corrected chi connectivity index (χ1v) is 8.61. The number of hydrogen-bond acceptors (Lipinski definition) is 3. The molecule has 124 valence electrons. The molecule has 0 radical (unpaired) electrons. The summed E-state index contributed by atoms with van der Waals surface area (Å²) in [6.07, 6.45) is 0.391. The fourth-order valence-corrected chi connectivity index (χ4v) is 3.59. The normalized spacial score (nSPS) is 14.1. The van der Waals surface area contributed by atoms with Gasteiger partial charge in [0.05, 0.1) is 5.69 Å². The van der Waals surface area contributed by atoms with Crippen LogP contribution in [0.5, 0.6) is 0 Å². The molecule has 0 atom stereocenters. The standard InChI is InChI=1S/C18H17FN2O2S/c1-12-10-13(19)6-7-14(12)20-17(22)11-21-15-4-2-3-5-16(15)24-9-8-18(21)23/h2-7,10H,8-9,11H2,1H3,(H,20,22). The molecule has 0 saturated heterocycles. The third-order valence-corrected chi connectivity index (χ3v) is 4.86. The number of aryl methyl sites for hydroxylation is 1. The highest BCUT2D eigenvalue weighted by atomic mass is 32.2. The second kappa shape index (κ2) is 7.05. The molecular formula is C18H17FN2O2S. The van der Waals surface area contributed by atoms with Crippen LogP contribution in [0.25, 0.3) is 0 Å². The fraction of sp³-hybridized carbons (Fsp3) is 0.222. The summed E-state index contributed by atoms with van der Waals surface area (Å²) in [4.78, 5) is 27.3. The van der Waals surface area contributed by atoms with Gasteiger partial charge in [0.1, 0.15) is 12.4 Å². The van der Waals surface area contributed by atoms with Crippen LogP contribution >= 0.6 is 11.8 Å². The lowest BCUT2D eigenvalue weighted by molar-refractivity contribution is -0.121. The van der Waals surface area contributed by atoms with Crippen molar-refractivity contribution in [2.24, 2.45) is 0 Å². The van der Waals surface area contributed by atoms with Gasteiger partial charge in [-0.15, -0.1) is 11.8 Å². The van der Waals surface area contributed by atoms with Crippen LogP contribution in [0.15, 0.2) is 47.4 Å². The van der Waals surface area contributed by atoms with E-state index in [1.807, 2.05) is 24.3 Å². The fourth-order valence-electron chi connectivity index (χ4n) is 2.59. The molecule has 0 fully saturated rings. The van der Waals surface area contributed by atoms with Crippen molar-refractivity contribution in [3.63, 3.8) is 0 Å². The van der Waals surface area contributed by atoms with E-state index in [9.17, 15) is 14.0 Å². The van der Waals surface area contributed by atoms with E-state index in [-0.39, 0.29) is 24.2 Å². The van der Waals surface area contributed by atoms with E-state index in [4.69, 9.17) is 0 Å². The summed E-state index contributed by atoms with van der Waals surface area (Å²) in [5.74, 6) is -0.0252. The molecule has 3 rings (SSSR count). The van der Waals surface area contributed by atoms with Crippen molar-refractivity contribution in [2.45, 2.75) is 18.2 Å². The molecule has 1 aliphatic rings. The van der Waals surface area contributed by atoms with Gasteiger partial charge in [0.2, 0.25) is 11.8 Å². The summed E-state index contributed by atoms with van der Waals surface area (Å²) in [6, 6.07) is 11.8. The summed E-state index contributed by atoms with van der Waals surface area (Å²) < 4.78 is 13.2. The van der Waals surface area contributed by atoms with Crippen molar-refractivity contribution in [3.05, 3.63) is 53.8 Å². The number of hydrogen-bond donors (Lipinski definition) is 1. The highest BCUT2D eigenvalue weighted by Gasteiger charge is 2.24. The minimum Gasteiger partial charge on any atom is -0.324 e. The molecule has 2 aromatic carbocycles. The molecule has 0 saturated carbocycles. The average molecular weight is 344 g/mol. The highest BCUT2D eigenvalue weighted by Crippen LogP contribution is 2.33. The smallest absolute Gasteiger partial charge is 0.244 e. The minimum atomic E-state index is -0.348. The lowest BCUT2D eigenvalue weighted by Crippen LogP contribution is -2.38. The van der Waals surface area contributed by atoms with E-state index in [0.29, 0.717) is 23.4 Å². The summed E-state index contributed by atoms with van der Waals surface area (Å²) >= 11 is 1.62. The molecule has 1 N–H and O–H groups in total. The van der Waals surface area contributed by atoms with Gasteiger partial charge in [-0.1, -0.05) is 12.1 Å².